The van der Waals surface area contributed by atoms with Gasteiger partial charge < -0.3 is 11.1 Å². The van der Waals surface area contributed by atoms with Crippen LogP contribution in [0.2, 0.25) is 0 Å². The second kappa shape index (κ2) is 5.87. The molecule has 0 heterocycles. The van der Waals surface area contributed by atoms with Gasteiger partial charge in [0.25, 0.3) is 0 Å². The molecule has 3 N–H and O–H groups in total. The number of benzene rings is 2. The van der Waals surface area contributed by atoms with E-state index >= 15 is 0 Å². The molecular formula is C15H13F3N2O. The van der Waals surface area contributed by atoms with E-state index in [1.54, 1.807) is 13.0 Å². The number of carbonyl (C=O) groups is 1. The molecule has 0 bridgehead atoms. The van der Waals surface area contributed by atoms with Crippen molar-refractivity contribution in [1.29, 1.82) is 0 Å². The molecule has 2 aromatic rings. The number of rotatable bonds is 4. The van der Waals surface area contributed by atoms with E-state index in [0.29, 0.717) is 17.3 Å². The summed E-state index contributed by atoms with van der Waals surface area (Å²) >= 11 is 0. The molecule has 0 spiro atoms. The van der Waals surface area contributed by atoms with Crippen molar-refractivity contribution in [2.24, 2.45) is 5.73 Å². The summed E-state index contributed by atoms with van der Waals surface area (Å²) in [4.78, 5) is 11.5. The number of hydrogen-bond acceptors (Lipinski definition) is 2. The van der Waals surface area contributed by atoms with Crippen molar-refractivity contribution in [2.45, 2.75) is 13.0 Å². The standard InChI is InChI=1S/C15H13F3N2O/c1-8-2-10(16)7-13(3-8)20-14(15(19)21)9-4-11(17)6-12(18)5-9/h2-7,14,20H,1H3,(H2,19,21). The van der Waals surface area contributed by atoms with Crippen LogP contribution in [0, 0.1) is 24.4 Å². The number of halogens is 3. The van der Waals surface area contributed by atoms with Crippen molar-refractivity contribution in [3.8, 4) is 0 Å². The summed E-state index contributed by atoms with van der Waals surface area (Å²) in [7, 11) is 0. The average Bonchev–Trinajstić information content (AvgIpc) is 2.33. The van der Waals surface area contributed by atoms with Crippen molar-refractivity contribution in [3.63, 3.8) is 0 Å². The second-order valence-electron chi connectivity index (χ2n) is 4.70. The fourth-order valence-electron chi connectivity index (χ4n) is 2.05. The maximum Gasteiger partial charge on any atom is 0.244 e. The maximum absolute atomic E-state index is 13.3. The smallest absolute Gasteiger partial charge is 0.244 e. The molecule has 0 fully saturated rings. The Labute approximate surface area is 119 Å². The molecule has 21 heavy (non-hydrogen) atoms. The van der Waals surface area contributed by atoms with E-state index in [9.17, 15) is 18.0 Å². The molecule has 0 radical (unpaired) electrons. The van der Waals surface area contributed by atoms with Gasteiger partial charge in [0.15, 0.2) is 0 Å². The highest BCUT2D eigenvalue weighted by atomic mass is 19.1. The van der Waals surface area contributed by atoms with Gasteiger partial charge in [-0.1, -0.05) is 0 Å². The maximum atomic E-state index is 13.3. The molecule has 0 aromatic heterocycles. The molecular weight excluding hydrogens is 281 g/mol. The van der Waals surface area contributed by atoms with Crippen molar-refractivity contribution in [1.82, 2.24) is 0 Å². The lowest BCUT2D eigenvalue weighted by atomic mass is 10.1. The molecule has 2 aromatic carbocycles. The third-order valence-corrected chi connectivity index (χ3v) is 2.86. The van der Waals surface area contributed by atoms with Crippen LogP contribution in [0.25, 0.3) is 0 Å². The van der Waals surface area contributed by atoms with E-state index in [0.717, 1.165) is 12.1 Å². The van der Waals surface area contributed by atoms with E-state index in [-0.39, 0.29) is 5.56 Å². The molecule has 0 saturated heterocycles. The molecule has 110 valence electrons. The molecule has 1 unspecified atom stereocenters. The highest BCUT2D eigenvalue weighted by molar-refractivity contribution is 5.84. The van der Waals surface area contributed by atoms with Crippen LogP contribution in [-0.4, -0.2) is 5.91 Å². The Balaban J connectivity index is 2.37. The zero-order valence-corrected chi connectivity index (χ0v) is 11.2. The SMILES string of the molecule is Cc1cc(F)cc(NC(C(N)=O)c2cc(F)cc(F)c2)c1. The van der Waals surface area contributed by atoms with Crippen LogP contribution in [0.15, 0.2) is 36.4 Å². The van der Waals surface area contributed by atoms with E-state index < -0.39 is 29.4 Å². The topological polar surface area (TPSA) is 55.1 Å². The van der Waals surface area contributed by atoms with Crippen molar-refractivity contribution < 1.29 is 18.0 Å². The normalized spacial score (nSPS) is 12.0. The molecule has 6 heteroatoms. The van der Waals surface area contributed by atoms with Crippen LogP contribution in [0.3, 0.4) is 0 Å². The van der Waals surface area contributed by atoms with Gasteiger partial charge in [-0.3, -0.25) is 4.79 Å². The number of nitrogens with two attached hydrogens (primary N) is 1. The minimum Gasteiger partial charge on any atom is -0.370 e. The van der Waals surface area contributed by atoms with Gasteiger partial charge in [-0.25, -0.2) is 13.2 Å². The Kier molecular flexibility index (Phi) is 4.16. The molecule has 0 saturated carbocycles. The summed E-state index contributed by atoms with van der Waals surface area (Å²) in [5.41, 5.74) is 6.21. The minimum absolute atomic E-state index is 0.0296. The van der Waals surface area contributed by atoms with E-state index in [4.69, 9.17) is 5.73 Å². The first-order valence-electron chi connectivity index (χ1n) is 6.14. The highest BCUT2D eigenvalue weighted by Crippen LogP contribution is 2.23. The molecule has 1 atom stereocenters. The zero-order valence-electron chi connectivity index (χ0n) is 11.2. The third kappa shape index (κ3) is 3.75. The van der Waals surface area contributed by atoms with Crippen LogP contribution in [0.4, 0.5) is 18.9 Å². The van der Waals surface area contributed by atoms with E-state index in [1.165, 1.54) is 12.1 Å². The number of anilines is 1. The van der Waals surface area contributed by atoms with Crippen molar-refractivity contribution in [2.75, 3.05) is 5.32 Å². The van der Waals surface area contributed by atoms with E-state index in [1.807, 2.05) is 0 Å². The highest BCUT2D eigenvalue weighted by Gasteiger charge is 2.19. The first-order chi connectivity index (χ1) is 9.85. The molecule has 1 amide bonds. The van der Waals surface area contributed by atoms with Crippen LogP contribution < -0.4 is 11.1 Å². The van der Waals surface area contributed by atoms with Gasteiger partial charge in [0.1, 0.15) is 23.5 Å². The molecule has 2 rings (SSSR count). The van der Waals surface area contributed by atoms with Crippen LogP contribution in [0.5, 0.6) is 0 Å². The minimum atomic E-state index is -1.17. The summed E-state index contributed by atoms with van der Waals surface area (Å²) in [5, 5.41) is 2.68. The van der Waals surface area contributed by atoms with Gasteiger partial charge in [-0.15, -0.1) is 0 Å². The van der Waals surface area contributed by atoms with Crippen LogP contribution in [-0.2, 0) is 4.79 Å². The lowest BCUT2D eigenvalue weighted by molar-refractivity contribution is -0.118. The van der Waals surface area contributed by atoms with Gasteiger partial charge in [-0.05, 0) is 48.4 Å². The third-order valence-electron chi connectivity index (χ3n) is 2.86. The summed E-state index contributed by atoms with van der Waals surface area (Å²) in [6.07, 6.45) is 0. The number of nitrogens with one attached hydrogen (secondary N) is 1. The zero-order chi connectivity index (χ0) is 15.6. The predicted molar refractivity (Wildman–Crippen MR) is 73.1 cm³/mol. The van der Waals surface area contributed by atoms with Gasteiger partial charge in [-0.2, -0.15) is 0 Å². The molecule has 0 aliphatic rings. The Morgan fingerprint density at radius 2 is 1.57 bits per heavy atom. The number of aryl methyl sites for hydroxylation is 1. The largest absolute Gasteiger partial charge is 0.370 e. The second-order valence-corrected chi connectivity index (χ2v) is 4.70. The monoisotopic (exact) mass is 294 g/mol. The first-order valence-corrected chi connectivity index (χ1v) is 6.14. The van der Waals surface area contributed by atoms with Gasteiger partial charge in [0.05, 0.1) is 0 Å². The fourth-order valence-corrected chi connectivity index (χ4v) is 2.05. The van der Waals surface area contributed by atoms with E-state index in [2.05, 4.69) is 5.32 Å². The Bertz CT molecular complexity index is 648. The lowest BCUT2D eigenvalue weighted by Gasteiger charge is -2.18. The summed E-state index contributed by atoms with van der Waals surface area (Å²) < 4.78 is 39.8. The van der Waals surface area contributed by atoms with Crippen molar-refractivity contribution in [3.05, 3.63) is 65.0 Å². The summed E-state index contributed by atoms with van der Waals surface area (Å²) in [5.74, 6) is -2.98. The van der Waals surface area contributed by atoms with Gasteiger partial charge in [0.2, 0.25) is 5.91 Å². The summed E-state index contributed by atoms with van der Waals surface area (Å²) in [6, 6.07) is 5.58. The number of hydrogen-bond donors (Lipinski definition) is 2. The van der Waals surface area contributed by atoms with Crippen molar-refractivity contribution >= 4 is 11.6 Å². The summed E-state index contributed by atoms with van der Waals surface area (Å²) in [6.45, 7) is 1.68. The molecule has 0 aliphatic carbocycles. The Hall–Kier alpha value is -2.50. The number of primary amides is 1. The molecule has 3 nitrogen and oxygen atoms in total. The average molecular weight is 294 g/mol. The fraction of sp³-hybridized carbons (Fsp3) is 0.133. The van der Waals surface area contributed by atoms with Gasteiger partial charge >= 0.3 is 0 Å². The van der Waals surface area contributed by atoms with Gasteiger partial charge in [0, 0.05) is 11.8 Å². The quantitative estimate of drug-likeness (QED) is 0.910. The first kappa shape index (κ1) is 14.9. The number of amides is 1. The predicted octanol–water partition coefficient (Wildman–Crippen LogP) is 3.05. The number of carbonyl (C=O) groups excluding carboxylic acids is 1. The molecule has 0 aliphatic heterocycles. The van der Waals surface area contributed by atoms with Crippen LogP contribution >= 0.6 is 0 Å². The Morgan fingerprint density at radius 1 is 1.00 bits per heavy atom. The Morgan fingerprint density at radius 3 is 2.10 bits per heavy atom. The lowest BCUT2D eigenvalue weighted by Crippen LogP contribution is -2.28. The van der Waals surface area contributed by atoms with Crippen LogP contribution in [0.1, 0.15) is 17.2 Å².